The summed E-state index contributed by atoms with van der Waals surface area (Å²) in [5.74, 6) is -0.151. The molecule has 0 fully saturated rings. The number of aliphatic hydroxyl groups is 1. The summed E-state index contributed by atoms with van der Waals surface area (Å²) in [7, 11) is 0. The van der Waals surface area contributed by atoms with Crippen molar-refractivity contribution in [1.82, 2.24) is 10.3 Å². The minimum atomic E-state index is -0.151. The van der Waals surface area contributed by atoms with E-state index in [1.165, 1.54) is 11.3 Å². The van der Waals surface area contributed by atoms with Crippen molar-refractivity contribution in [1.29, 1.82) is 0 Å². The lowest BCUT2D eigenvalue weighted by atomic mass is 10.1. The van der Waals surface area contributed by atoms with Gasteiger partial charge < -0.3 is 10.4 Å². The number of nitrogens with zero attached hydrogens (tertiary/aromatic N) is 1. The first kappa shape index (κ1) is 13.3. The lowest BCUT2D eigenvalue weighted by Crippen LogP contribution is -2.33. The second-order valence-corrected chi connectivity index (χ2v) is 5.65. The fraction of sp³-hybridized carbons (Fsp3) is 0.333. The van der Waals surface area contributed by atoms with Gasteiger partial charge >= 0.3 is 0 Å². The van der Waals surface area contributed by atoms with Crippen molar-refractivity contribution in [2.75, 3.05) is 6.61 Å². The van der Waals surface area contributed by atoms with E-state index in [0.29, 0.717) is 16.5 Å². The Balaban J connectivity index is 2.17. The zero-order chi connectivity index (χ0) is 13.1. The Morgan fingerprint density at radius 1 is 1.61 bits per heavy atom. The van der Waals surface area contributed by atoms with Crippen molar-refractivity contribution in [3.05, 3.63) is 28.2 Å². The van der Waals surface area contributed by atoms with E-state index in [0.717, 1.165) is 10.2 Å². The van der Waals surface area contributed by atoms with Crippen LogP contribution in [-0.2, 0) is 0 Å². The van der Waals surface area contributed by atoms with Crippen LogP contribution in [0.2, 0.25) is 4.47 Å². The minimum absolute atomic E-state index is 0.0526. The van der Waals surface area contributed by atoms with Gasteiger partial charge in [-0.25, -0.2) is 4.98 Å². The van der Waals surface area contributed by atoms with Gasteiger partial charge in [-0.05, 0) is 31.5 Å². The van der Waals surface area contributed by atoms with Gasteiger partial charge in [0, 0.05) is 18.2 Å². The molecule has 1 amide bonds. The van der Waals surface area contributed by atoms with Crippen LogP contribution in [0.15, 0.2) is 18.2 Å². The zero-order valence-corrected chi connectivity index (χ0v) is 11.4. The fourth-order valence-corrected chi connectivity index (χ4v) is 2.68. The first-order chi connectivity index (χ1) is 8.60. The maximum absolute atomic E-state index is 11.9. The summed E-state index contributed by atoms with van der Waals surface area (Å²) in [4.78, 5) is 16.1. The van der Waals surface area contributed by atoms with E-state index in [1.807, 2.05) is 6.92 Å². The van der Waals surface area contributed by atoms with E-state index in [1.54, 1.807) is 18.2 Å². The number of halogens is 1. The van der Waals surface area contributed by atoms with Crippen molar-refractivity contribution in [3.63, 3.8) is 0 Å². The van der Waals surface area contributed by atoms with Crippen molar-refractivity contribution in [3.8, 4) is 0 Å². The zero-order valence-electron chi connectivity index (χ0n) is 9.81. The van der Waals surface area contributed by atoms with Crippen molar-refractivity contribution >= 4 is 39.1 Å². The number of hydrogen-bond donors (Lipinski definition) is 2. The Bertz CT molecular complexity index is 570. The fourth-order valence-electron chi connectivity index (χ4n) is 1.61. The molecule has 1 heterocycles. The van der Waals surface area contributed by atoms with Crippen LogP contribution in [0.4, 0.5) is 0 Å². The summed E-state index contributed by atoms with van der Waals surface area (Å²) >= 11 is 7.17. The molecule has 0 aliphatic heterocycles. The highest BCUT2D eigenvalue weighted by Gasteiger charge is 2.11. The van der Waals surface area contributed by atoms with Crippen LogP contribution in [0, 0.1) is 0 Å². The maximum atomic E-state index is 11.9. The van der Waals surface area contributed by atoms with Crippen LogP contribution in [0.5, 0.6) is 0 Å². The molecule has 1 aromatic heterocycles. The normalized spacial score (nSPS) is 12.6. The van der Waals surface area contributed by atoms with Gasteiger partial charge in [-0.1, -0.05) is 11.6 Å². The third-order valence-electron chi connectivity index (χ3n) is 2.56. The van der Waals surface area contributed by atoms with Crippen molar-refractivity contribution in [2.24, 2.45) is 0 Å². The average Bonchev–Trinajstić information content (AvgIpc) is 2.68. The number of amides is 1. The smallest absolute Gasteiger partial charge is 0.251 e. The molecule has 96 valence electrons. The summed E-state index contributed by atoms with van der Waals surface area (Å²) in [6.07, 6.45) is 0.542. The molecule has 0 unspecified atom stereocenters. The molecule has 18 heavy (non-hydrogen) atoms. The predicted octanol–water partition coefficient (Wildman–Crippen LogP) is 2.45. The Morgan fingerprint density at radius 2 is 2.39 bits per heavy atom. The lowest BCUT2D eigenvalue weighted by Gasteiger charge is -2.12. The maximum Gasteiger partial charge on any atom is 0.251 e. The predicted molar refractivity (Wildman–Crippen MR) is 73.3 cm³/mol. The van der Waals surface area contributed by atoms with Crippen LogP contribution in [-0.4, -0.2) is 28.6 Å². The number of rotatable bonds is 4. The van der Waals surface area contributed by atoms with Gasteiger partial charge in [-0.2, -0.15) is 0 Å². The summed E-state index contributed by atoms with van der Waals surface area (Å²) < 4.78 is 1.36. The molecule has 0 aliphatic carbocycles. The molecule has 0 bridgehead atoms. The van der Waals surface area contributed by atoms with Gasteiger partial charge in [-0.15, -0.1) is 11.3 Å². The summed E-state index contributed by atoms with van der Waals surface area (Å²) in [6, 6.07) is 5.23. The molecule has 0 spiro atoms. The van der Waals surface area contributed by atoms with Crippen LogP contribution in [0.1, 0.15) is 23.7 Å². The Labute approximate surface area is 114 Å². The van der Waals surface area contributed by atoms with Crippen molar-refractivity contribution < 1.29 is 9.90 Å². The standard InChI is InChI=1S/C12H13ClN2O2S/c1-7(4-5-16)14-11(17)8-2-3-9-10(6-8)18-12(13)15-9/h2-3,6-7,16H,4-5H2,1H3,(H,14,17)/t7-/m0/s1. The lowest BCUT2D eigenvalue weighted by molar-refractivity contribution is 0.0934. The van der Waals surface area contributed by atoms with Crippen molar-refractivity contribution in [2.45, 2.75) is 19.4 Å². The van der Waals surface area contributed by atoms with Gasteiger partial charge in [-0.3, -0.25) is 4.79 Å². The highest BCUT2D eigenvalue weighted by molar-refractivity contribution is 7.22. The SMILES string of the molecule is C[C@@H](CCO)NC(=O)c1ccc2nc(Cl)sc2c1. The second kappa shape index (κ2) is 5.65. The molecule has 0 radical (unpaired) electrons. The molecule has 2 aromatic rings. The summed E-state index contributed by atoms with van der Waals surface area (Å²) in [6.45, 7) is 1.92. The Morgan fingerprint density at radius 3 is 3.11 bits per heavy atom. The summed E-state index contributed by atoms with van der Waals surface area (Å²) in [5, 5.41) is 11.6. The molecule has 6 heteroatoms. The number of hydrogen-bond acceptors (Lipinski definition) is 4. The number of aliphatic hydroxyl groups excluding tert-OH is 1. The first-order valence-corrected chi connectivity index (χ1v) is 6.77. The Hall–Kier alpha value is -1.17. The van der Waals surface area contributed by atoms with E-state index in [4.69, 9.17) is 16.7 Å². The number of carbonyl (C=O) groups is 1. The Kier molecular flexibility index (Phi) is 4.16. The molecule has 1 aromatic carbocycles. The van der Waals surface area contributed by atoms with Gasteiger partial charge in [0.05, 0.1) is 10.2 Å². The molecule has 1 atom stereocenters. The third-order valence-corrected chi connectivity index (χ3v) is 3.69. The molecular formula is C12H13ClN2O2S. The molecule has 0 saturated heterocycles. The number of fused-ring (bicyclic) bond motifs is 1. The average molecular weight is 285 g/mol. The topological polar surface area (TPSA) is 62.2 Å². The second-order valence-electron chi connectivity index (χ2n) is 4.04. The molecule has 2 N–H and O–H groups in total. The van der Waals surface area contributed by atoms with Crippen LogP contribution < -0.4 is 5.32 Å². The van der Waals surface area contributed by atoms with E-state index in [2.05, 4.69) is 10.3 Å². The highest BCUT2D eigenvalue weighted by Crippen LogP contribution is 2.26. The van der Waals surface area contributed by atoms with Crippen LogP contribution in [0.25, 0.3) is 10.2 Å². The minimum Gasteiger partial charge on any atom is -0.396 e. The number of carbonyl (C=O) groups excluding carboxylic acids is 1. The van der Waals surface area contributed by atoms with Gasteiger partial charge in [0.1, 0.15) is 0 Å². The van der Waals surface area contributed by atoms with E-state index < -0.39 is 0 Å². The van der Waals surface area contributed by atoms with Crippen LogP contribution in [0.3, 0.4) is 0 Å². The number of aromatic nitrogens is 1. The number of benzene rings is 1. The van der Waals surface area contributed by atoms with Gasteiger partial charge in [0.25, 0.3) is 5.91 Å². The summed E-state index contributed by atoms with van der Waals surface area (Å²) in [5.41, 5.74) is 1.37. The van der Waals surface area contributed by atoms with Gasteiger partial charge in [0.2, 0.25) is 0 Å². The molecule has 0 saturated carbocycles. The monoisotopic (exact) mass is 284 g/mol. The highest BCUT2D eigenvalue weighted by atomic mass is 35.5. The molecule has 2 rings (SSSR count). The number of thiazole rings is 1. The molecule has 4 nitrogen and oxygen atoms in total. The largest absolute Gasteiger partial charge is 0.396 e. The molecule has 0 aliphatic rings. The quantitative estimate of drug-likeness (QED) is 0.906. The first-order valence-electron chi connectivity index (χ1n) is 5.58. The van der Waals surface area contributed by atoms with E-state index in [9.17, 15) is 4.79 Å². The number of nitrogens with one attached hydrogen (secondary N) is 1. The van der Waals surface area contributed by atoms with Crippen LogP contribution >= 0.6 is 22.9 Å². The third kappa shape index (κ3) is 2.98. The van der Waals surface area contributed by atoms with E-state index >= 15 is 0 Å². The van der Waals surface area contributed by atoms with Gasteiger partial charge in [0.15, 0.2) is 4.47 Å². The van der Waals surface area contributed by atoms with E-state index in [-0.39, 0.29) is 18.6 Å². The molecular weight excluding hydrogens is 272 g/mol.